The third-order valence-corrected chi connectivity index (χ3v) is 4.73. The summed E-state index contributed by atoms with van der Waals surface area (Å²) in [5.74, 6) is -1.10. The highest BCUT2D eigenvalue weighted by Crippen LogP contribution is 2.24. The lowest BCUT2D eigenvalue weighted by Crippen LogP contribution is -2.48. The fourth-order valence-corrected chi connectivity index (χ4v) is 3.35. The average molecular weight is 310 g/mol. The first kappa shape index (κ1) is 16.8. The Labute approximate surface area is 131 Å². The maximum atomic E-state index is 12.6. The Bertz CT molecular complexity index is 441. The first-order chi connectivity index (χ1) is 10.4. The maximum absolute atomic E-state index is 12.6. The van der Waals surface area contributed by atoms with E-state index >= 15 is 0 Å². The smallest absolute Gasteiger partial charge is 0.308 e. The molecule has 2 amide bonds. The molecule has 124 valence electrons. The molecule has 0 aromatic carbocycles. The molecule has 0 spiro atoms. The first-order valence-corrected chi connectivity index (χ1v) is 8.20. The minimum Gasteiger partial charge on any atom is -0.481 e. The number of hydrogen-bond acceptors (Lipinski definition) is 3. The third-order valence-electron chi connectivity index (χ3n) is 4.73. The Balaban J connectivity index is 1.87. The molecule has 1 atom stereocenters. The number of carbonyl (C=O) groups excluding carboxylic acids is 2. The summed E-state index contributed by atoms with van der Waals surface area (Å²) >= 11 is 0. The van der Waals surface area contributed by atoms with Gasteiger partial charge in [-0.1, -0.05) is 13.8 Å². The van der Waals surface area contributed by atoms with Gasteiger partial charge in [-0.05, 0) is 25.7 Å². The van der Waals surface area contributed by atoms with E-state index in [1.807, 2.05) is 18.7 Å². The number of rotatable bonds is 3. The van der Waals surface area contributed by atoms with Crippen LogP contribution in [0, 0.1) is 17.8 Å². The molecule has 2 saturated heterocycles. The number of likely N-dealkylation sites (tertiary alicyclic amines) is 2. The monoisotopic (exact) mass is 310 g/mol. The van der Waals surface area contributed by atoms with Gasteiger partial charge in [0.1, 0.15) is 0 Å². The standard InChI is InChI=1S/C16H26N2O4/c1-11(2)14(19)17-8-5-12(6-9-17)15(20)18-7-3-4-13(10-18)16(21)22/h11-13H,3-10H2,1-2H3,(H,21,22)/t13-/m0/s1. The zero-order chi connectivity index (χ0) is 16.3. The van der Waals surface area contributed by atoms with E-state index in [9.17, 15) is 14.4 Å². The van der Waals surface area contributed by atoms with Gasteiger partial charge in [0.2, 0.25) is 11.8 Å². The fraction of sp³-hybridized carbons (Fsp3) is 0.812. The van der Waals surface area contributed by atoms with E-state index in [1.165, 1.54) is 0 Å². The molecule has 0 bridgehead atoms. The van der Waals surface area contributed by atoms with Crippen LogP contribution in [0.4, 0.5) is 0 Å². The SMILES string of the molecule is CC(C)C(=O)N1CCC(C(=O)N2CCC[C@H](C(=O)O)C2)CC1. The second kappa shape index (κ2) is 7.11. The summed E-state index contributed by atoms with van der Waals surface area (Å²) in [6.07, 6.45) is 2.78. The van der Waals surface area contributed by atoms with Crippen molar-refractivity contribution in [3.8, 4) is 0 Å². The second-order valence-corrected chi connectivity index (χ2v) is 6.72. The van der Waals surface area contributed by atoms with Gasteiger partial charge >= 0.3 is 5.97 Å². The number of carboxylic acid groups (broad SMARTS) is 1. The minimum absolute atomic E-state index is 0.00864. The molecule has 2 fully saturated rings. The summed E-state index contributed by atoms with van der Waals surface area (Å²) in [5.41, 5.74) is 0. The molecule has 0 saturated carbocycles. The zero-order valence-corrected chi connectivity index (χ0v) is 13.5. The molecular weight excluding hydrogens is 284 g/mol. The Hall–Kier alpha value is -1.59. The topological polar surface area (TPSA) is 77.9 Å². The number of carbonyl (C=O) groups is 3. The number of carboxylic acids is 1. The van der Waals surface area contributed by atoms with Gasteiger partial charge in [-0.15, -0.1) is 0 Å². The Morgan fingerprint density at radius 3 is 2.14 bits per heavy atom. The molecule has 0 unspecified atom stereocenters. The van der Waals surface area contributed by atoms with E-state index in [2.05, 4.69) is 0 Å². The summed E-state index contributed by atoms with van der Waals surface area (Å²) in [7, 11) is 0. The Kier molecular flexibility index (Phi) is 5.42. The van der Waals surface area contributed by atoms with Crippen LogP contribution in [-0.4, -0.2) is 58.9 Å². The lowest BCUT2D eigenvalue weighted by Gasteiger charge is -2.37. The van der Waals surface area contributed by atoms with Crippen LogP contribution in [0.5, 0.6) is 0 Å². The quantitative estimate of drug-likeness (QED) is 0.850. The third kappa shape index (κ3) is 3.78. The van der Waals surface area contributed by atoms with E-state index in [-0.39, 0.29) is 23.7 Å². The van der Waals surface area contributed by atoms with Crippen molar-refractivity contribution in [3.63, 3.8) is 0 Å². The predicted molar refractivity (Wildman–Crippen MR) is 81.1 cm³/mol. The van der Waals surface area contributed by atoms with Crippen molar-refractivity contribution >= 4 is 17.8 Å². The highest BCUT2D eigenvalue weighted by atomic mass is 16.4. The molecular formula is C16H26N2O4. The van der Waals surface area contributed by atoms with Crippen molar-refractivity contribution in [3.05, 3.63) is 0 Å². The van der Waals surface area contributed by atoms with Crippen LogP contribution in [0.15, 0.2) is 0 Å². The average Bonchev–Trinajstić information content (AvgIpc) is 2.53. The van der Waals surface area contributed by atoms with Crippen molar-refractivity contribution in [1.29, 1.82) is 0 Å². The van der Waals surface area contributed by atoms with Crippen molar-refractivity contribution < 1.29 is 19.5 Å². The maximum Gasteiger partial charge on any atom is 0.308 e. The molecule has 0 aromatic heterocycles. The second-order valence-electron chi connectivity index (χ2n) is 6.72. The lowest BCUT2D eigenvalue weighted by atomic mass is 9.92. The molecule has 2 heterocycles. The number of hydrogen-bond donors (Lipinski definition) is 1. The predicted octanol–water partition coefficient (Wildman–Crippen LogP) is 1.20. The van der Waals surface area contributed by atoms with Gasteiger partial charge < -0.3 is 14.9 Å². The van der Waals surface area contributed by atoms with E-state index in [0.29, 0.717) is 45.4 Å². The Morgan fingerprint density at radius 2 is 1.59 bits per heavy atom. The number of piperidine rings is 2. The molecule has 0 aromatic rings. The normalized spacial score (nSPS) is 23.7. The van der Waals surface area contributed by atoms with Crippen molar-refractivity contribution in [1.82, 2.24) is 9.80 Å². The van der Waals surface area contributed by atoms with Gasteiger partial charge in [0.25, 0.3) is 0 Å². The van der Waals surface area contributed by atoms with Crippen LogP contribution in [0.25, 0.3) is 0 Å². The summed E-state index contributed by atoms with van der Waals surface area (Å²) in [5, 5.41) is 9.11. The van der Waals surface area contributed by atoms with Crippen LogP contribution in [-0.2, 0) is 14.4 Å². The largest absolute Gasteiger partial charge is 0.481 e. The van der Waals surface area contributed by atoms with E-state index in [1.54, 1.807) is 4.90 Å². The molecule has 22 heavy (non-hydrogen) atoms. The van der Waals surface area contributed by atoms with Crippen molar-refractivity contribution in [2.75, 3.05) is 26.2 Å². The molecule has 2 aliphatic rings. The van der Waals surface area contributed by atoms with Crippen LogP contribution in [0.1, 0.15) is 39.5 Å². The molecule has 2 rings (SSSR count). The molecule has 0 aliphatic carbocycles. The molecule has 2 aliphatic heterocycles. The van der Waals surface area contributed by atoms with Gasteiger partial charge in [0.05, 0.1) is 5.92 Å². The summed E-state index contributed by atoms with van der Waals surface area (Å²) in [4.78, 5) is 39.2. The number of amides is 2. The summed E-state index contributed by atoms with van der Waals surface area (Å²) in [6, 6.07) is 0. The number of aliphatic carboxylic acids is 1. The lowest BCUT2D eigenvalue weighted by molar-refractivity contribution is -0.148. The van der Waals surface area contributed by atoms with E-state index in [4.69, 9.17) is 5.11 Å². The molecule has 6 nitrogen and oxygen atoms in total. The van der Waals surface area contributed by atoms with Crippen LogP contribution in [0.2, 0.25) is 0 Å². The molecule has 1 N–H and O–H groups in total. The Morgan fingerprint density at radius 1 is 0.955 bits per heavy atom. The zero-order valence-electron chi connectivity index (χ0n) is 13.5. The highest BCUT2D eigenvalue weighted by Gasteiger charge is 2.34. The van der Waals surface area contributed by atoms with Crippen molar-refractivity contribution in [2.45, 2.75) is 39.5 Å². The molecule has 6 heteroatoms. The van der Waals surface area contributed by atoms with Crippen LogP contribution in [0.3, 0.4) is 0 Å². The van der Waals surface area contributed by atoms with E-state index < -0.39 is 11.9 Å². The van der Waals surface area contributed by atoms with Gasteiger partial charge in [0.15, 0.2) is 0 Å². The summed E-state index contributed by atoms with van der Waals surface area (Å²) < 4.78 is 0. The highest BCUT2D eigenvalue weighted by molar-refractivity contribution is 5.81. The first-order valence-electron chi connectivity index (χ1n) is 8.20. The van der Waals surface area contributed by atoms with Gasteiger partial charge in [-0.3, -0.25) is 14.4 Å². The van der Waals surface area contributed by atoms with Gasteiger partial charge in [-0.2, -0.15) is 0 Å². The van der Waals surface area contributed by atoms with Crippen LogP contribution >= 0.6 is 0 Å². The number of nitrogens with zero attached hydrogens (tertiary/aromatic N) is 2. The van der Waals surface area contributed by atoms with E-state index in [0.717, 1.165) is 6.42 Å². The molecule has 0 radical (unpaired) electrons. The van der Waals surface area contributed by atoms with Crippen molar-refractivity contribution in [2.24, 2.45) is 17.8 Å². The van der Waals surface area contributed by atoms with Gasteiger partial charge in [0, 0.05) is 38.0 Å². The minimum atomic E-state index is -0.810. The van der Waals surface area contributed by atoms with Gasteiger partial charge in [-0.25, -0.2) is 0 Å². The summed E-state index contributed by atoms with van der Waals surface area (Å²) in [6.45, 7) is 6.03. The van der Waals surface area contributed by atoms with Crippen LogP contribution < -0.4 is 0 Å². The fourth-order valence-electron chi connectivity index (χ4n) is 3.35.